The van der Waals surface area contributed by atoms with Crippen LogP contribution in [0.2, 0.25) is 0 Å². The zero-order chi connectivity index (χ0) is 30.8. The minimum absolute atomic E-state index is 0.173. The second-order valence-electron chi connectivity index (χ2n) is 9.47. The van der Waals surface area contributed by atoms with Gasteiger partial charge in [0.25, 0.3) is 11.8 Å². The predicted molar refractivity (Wildman–Crippen MR) is 175 cm³/mol. The van der Waals surface area contributed by atoms with E-state index in [1.807, 2.05) is 69.3 Å². The van der Waals surface area contributed by atoms with Crippen molar-refractivity contribution in [2.24, 2.45) is 5.10 Å². The Kier molecular flexibility index (Phi) is 11.4. The summed E-state index contributed by atoms with van der Waals surface area (Å²) in [5, 5.41) is 6.98. The third-order valence-electron chi connectivity index (χ3n) is 6.37. The fourth-order valence-electron chi connectivity index (χ4n) is 4.00. The molecule has 0 aliphatic rings. The first kappa shape index (κ1) is 31.8. The molecule has 8 nitrogen and oxygen atoms in total. The van der Waals surface area contributed by atoms with Crippen LogP contribution in [-0.2, 0) is 11.4 Å². The third kappa shape index (κ3) is 8.92. The Labute approximate surface area is 267 Å². The lowest BCUT2D eigenvalue weighted by atomic mass is 10.1. The van der Waals surface area contributed by atoms with Gasteiger partial charge in [0.05, 0.1) is 21.8 Å². The first-order chi connectivity index (χ1) is 20.7. The molecule has 0 fully saturated rings. The first-order valence-electron chi connectivity index (χ1n) is 13.5. The summed E-state index contributed by atoms with van der Waals surface area (Å²) in [6.07, 6.45) is 1.51. The Bertz CT molecular complexity index is 1600. The van der Waals surface area contributed by atoms with Crippen molar-refractivity contribution >= 4 is 55.6 Å². The van der Waals surface area contributed by atoms with E-state index in [0.717, 1.165) is 22.4 Å². The van der Waals surface area contributed by atoms with Crippen LogP contribution in [0, 0.1) is 13.8 Å². The number of hydrogen-bond acceptors (Lipinski definition) is 6. The maximum atomic E-state index is 12.8. The number of rotatable bonds is 12. The Morgan fingerprint density at radius 1 is 0.860 bits per heavy atom. The van der Waals surface area contributed by atoms with Crippen LogP contribution in [-0.4, -0.2) is 31.2 Å². The molecule has 4 aromatic carbocycles. The van der Waals surface area contributed by atoms with Crippen LogP contribution in [0.4, 0.5) is 5.69 Å². The number of aryl methyl sites for hydroxylation is 1. The molecule has 0 saturated carbocycles. The number of nitrogens with one attached hydrogen (secondary N) is 2. The molecule has 0 unspecified atom stereocenters. The summed E-state index contributed by atoms with van der Waals surface area (Å²) in [7, 11) is 0. The molecule has 0 saturated heterocycles. The van der Waals surface area contributed by atoms with Crippen LogP contribution in [0.15, 0.2) is 92.9 Å². The topological polar surface area (TPSA) is 98.3 Å². The number of anilines is 1. The molecule has 43 heavy (non-hydrogen) atoms. The van der Waals surface area contributed by atoms with Crippen LogP contribution in [0.5, 0.6) is 17.2 Å². The summed E-state index contributed by atoms with van der Waals surface area (Å²) in [4.78, 5) is 25.3. The molecular formula is C33H31Br2N3O5. The maximum Gasteiger partial charge on any atom is 0.271 e. The molecule has 0 heterocycles. The number of carbonyl (C=O) groups excluding carboxylic acids is 2. The van der Waals surface area contributed by atoms with E-state index in [9.17, 15) is 9.59 Å². The van der Waals surface area contributed by atoms with Crippen molar-refractivity contribution in [2.45, 2.75) is 27.4 Å². The lowest BCUT2D eigenvalue weighted by Crippen LogP contribution is -2.21. The highest BCUT2D eigenvalue weighted by Crippen LogP contribution is 2.34. The van der Waals surface area contributed by atoms with E-state index in [1.54, 1.807) is 30.3 Å². The van der Waals surface area contributed by atoms with Crippen LogP contribution < -0.4 is 25.0 Å². The predicted octanol–water partition coefficient (Wildman–Crippen LogP) is 7.59. The van der Waals surface area contributed by atoms with E-state index in [2.05, 4.69) is 47.7 Å². The Balaban J connectivity index is 1.34. The summed E-state index contributed by atoms with van der Waals surface area (Å²) in [5.74, 6) is 0.811. The summed E-state index contributed by atoms with van der Waals surface area (Å²) < 4.78 is 18.6. The second kappa shape index (κ2) is 15.4. The van der Waals surface area contributed by atoms with Crippen molar-refractivity contribution in [3.8, 4) is 17.2 Å². The highest BCUT2D eigenvalue weighted by Gasteiger charge is 2.14. The van der Waals surface area contributed by atoms with Crippen molar-refractivity contribution in [1.82, 2.24) is 5.43 Å². The molecular weight excluding hydrogens is 678 g/mol. The van der Waals surface area contributed by atoms with Crippen molar-refractivity contribution in [3.63, 3.8) is 0 Å². The molecule has 222 valence electrons. The van der Waals surface area contributed by atoms with Gasteiger partial charge in [-0.1, -0.05) is 42.5 Å². The van der Waals surface area contributed by atoms with Crippen molar-refractivity contribution in [3.05, 3.63) is 116 Å². The Hall–Kier alpha value is -4.15. The maximum absolute atomic E-state index is 12.8. The summed E-state index contributed by atoms with van der Waals surface area (Å²) in [5.41, 5.74) is 7.48. The molecule has 10 heteroatoms. The largest absolute Gasteiger partial charge is 0.490 e. The third-order valence-corrected chi connectivity index (χ3v) is 7.55. The van der Waals surface area contributed by atoms with Gasteiger partial charge in [-0.15, -0.1) is 0 Å². The molecule has 0 atom stereocenters. The minimum Gasteiger partial charge on any atom is -0.490 e. The average Bonchev–Trinajstić information content (AvgIpc) is 2.99. The SMILES string of the molecule is CCOc1cc(C(=O)N/N=C/c2cc(Br)c(OCC(=O)Nc3cccc(C)c3C)c(Br)c2)ccc1OCc1ccccc1. The monoisotopic (exact) mass is 707 g/mol. The lowest BCUT2D eigenvalue weighted by molar-refractivity contribution is -0.118. The van der Waals surface area contributed by atoms with Crippen LogP contribution in [0.25, 0.3) is 0 Å². The number of hydrogen-bond donors (Lipinski definition) is 2. The number of hydrazone groups is 1. The molecule has 0 aliphatic carbocycles. The Morgan fingerprint density at radius 3 is 2.33 bits per heavy atom. The van der Waals surface area contributed by atoms with E-state index >= 15 is 0 Å². The van der Waals surface area contributed by atoms with Crippen LogP contribution >= 0.6 is 31.9 Å². The first-order valence-corrected chi connectivity index (χ1v) is 15.1. The van der Waals surface area contributed by atoms with Gasteiger partial charge in [0.2, 0.25) is 0 Å². The van der Waals surface area contributed by atoms with Gasteiger partial charge in [-0.2, -0.15) is 5.10 Å². The van der Waals surface area contributed by atoms with Gasteiger partial charge in [0.15, 0.2) is 18.1 Å². The molecule has 0 spiro atoms. The fraction of sp³-hybridized carbons (Fsp3) is 0.182. The van der Waals surface area contributed by atoms with Crippen LogP contribution in [0.1, 0.15) is 39.5 Å². The molecule has 0 radical (unpaired) electrons. The van der Waals surface area contributed by atoms with Gasteiger partial charge < -0.3 is 19.5 Å². The second-order valence-corrected chi connectivity index (χ2v) is 11.2. The van der Waals surface area contributed by atoms with E-state index in [4.69, 9.17) is 14.2 Å². The number of halogens is 2. The van der Waals surface area contributed by atoms with Crippen LogP contribution in [0.3, 0.4) is 0 Å². The standard InChI is InChI=1S/C33H31Br2N3O5/c1-4-41-30-17-25(13-14-29(30)42-19-23-10-6-5-7-11-23)33(40)38-36-18-24-15-26(34)32(27(35)16-24)43-20-31(39)37-28-12-8-9-21(2)22(28)3/h5-18H,4,19-20H2,1-3H3,(H,37,39)(H,38,40)/b36-18+. The van der Waals surface area contributed by atoms with E-state index < -0.39 is 5.91 Å². The normalized spacial score (nSPS) is 10.8. The number of carbonyl (C=O) groups is 2. The highest BCUT2D eigenvalue weighted by atomic mass is 79.9. The summed E-state index contributed by atoms with van der Waals surface area (Å²) in [6, 6.07) is 24.1. The van der Waals surface area contributed by atoms with E-state index in [1.165, 1.54) is 6.21 Å². The molecule has 2 N–H and O–H groups in total. The van der Waals surface area contributed by atoms with Gasteiger partial charge in [-0.25, -0.2) is 5.43 Å². The molecule has 4 aromatic rings. The van der Waals surface area contributed by atoms with Gasteiger partial charge >= 0.3 is 0 Å². The van der Waals surface area contributed by atoms with Crippen molar-refractivity contribution in [2.75, 3.05) is 18.5 Å². The minimum atomic E-state index is -0.403. The van der Waals surface area contributed by atoms with Gasteiger partial charge in [-0.05, 0) is 111 Å². The average molecular weight is 709 g/mol. The number of amides is 2. The molecule has 0 aromatic heterocycles. The van der Waals surface area contributed by atoms with Gasteiger partial charge in [0, 0.05) is 11.3 Å². The molecule has 4 rings (SSSR count). The van der Waals surface area contributed by atoms with Crippen molar-refractivity contribution in [1.29, 1.82) is 0 Å². The smallest absolute Gasteiger partial charge is 0.271 e. The lowest BCUT2D eigenvalue weighted by Gasteiger charge is -2.13. The van der Waals surface area contributed by atoms with E-state index in [-0.39, 0.29) is 12.5 Å². The molecule has 0 aliphatic heterocycles. The number of benzene rings is 4. The highest BCUT2D eigenvalue weighted by molar-refractivity contribution is 9.11. The van der Waals surface area contributed by atoms with Gasteiger partial charge in [-0.3, -0.25) is 9.59 Å². The van der Waals surface area contributed by atoms with Crippen molar-refractivity contribution < 1.29 is 23.8 Å². The number of nitrogens with zero attached hydrogens (tertiary/aromatic N) is 1. The molecule has 2 amide bonds. The van der Waals surface area contributed by atoms with Gasteiger partial charge in [0.1, 0.15) is 12.4 Å². The summed E-state index contributed by atoms with van der Waals surface area (Å²) in [6.45, 7) is 6.45. The summed E-state index contributed by atoms with van der Waals surface area (Å²) >= 11 is 6.98. The zero-order valence-corrected chi connectivity index (χ0v) is 27.1. The van der Waals surface area contributed by atoms with E-state index in [0.29, 0.717) is 50.5 Å². The molecule has 0 bridgehead atoms. The number of ether oxygens (including phenoxy) is 3. The Morgan fingerprint density at radius 2 is 1.60 bits per heavy atom. The quantitative estimate of drug-likeness (QED) is 0.117. The fourth-order valence-corrected chi connectivity index (χ4v) is 5.46. The zero-order valence-electron chi connectivity index (χ0n) is 23.9.